The van der Waals surface area contributed by atoms with Gasteiger partial charge in [0.25, 0.3) is 0 Å². The lowest BCUT2D eigenvalue weighted by Gasteiger charge is -2.16. The number of para-hydroxylation sites is 1. The molecular weight excluding hydrogens is 444 g/mol. The van der Waals surface area contributed by atoms with Crippen molar-refractivity contribution in [2.24, 2.45) is 0 Å². The monoisotopic (exact) mass is 466 g/mol. The molecule has 0 fully saturated rings. The molecule has 0 saturated heterocycles. The molecule has 0 saturated carbocycles. The normalized spacial score (nSPS) is 13.4. The number of nitrogens with one attached hydrogen (secondary N) is 3. The zero-order valence-corrected chi connectivity index (χ0v) is 19.1. The van der Waals surface area contributed by atoms with Crippen LogP contribution in [-0.4, -0.2) is 36.2 Å². The van der Waals surface area contributed by atoms with Crippen LogP contribution in [0.4, 0.5) is 17.6 Å². The van der Waals surface area contributed by atoms with Crippen molar-refractivity contribution >= 4 is 40.1 Å². The minimum Gasteiger partial charge on any atom is -0.497 e. The van der Waals surface area contributed by atoms with E-state index in [1.165, 1.54) is 6.07 Å². The topological polar surface area (TPSA) is 104 Å². The number of aromatic nitrogens is 3. The molecule has 0 radical (unpaired) electrons. The highest BCUT2D eigenvalue weighted by atomic mass is 35.5. The van der Waals surface area contributed by atoms with Crippen molar-refractivity contribution in [1.29, 1.82) is 0 Å². The number of methoxy groups -OCH3 is 1. The Bertz CT molecular complexity index is 1330. The second kappa shape index (κ2) is 9.66. The minimum atomic E-state index is -0.0971. The molecule has 1 aromatic carbocycles. The molecule has 0 amide bonds. The lowest BCUT2D eigenvalue weighted by atomic mass is 10.2. The number of fused-ring (bicyclic) bond motifs is 1. The number of hydrogen-bond donors (Lipinski definition) is 3. The van der Waals surface area contributed by atoms with Crippen LogP contribution in [0.3, 0.4) is 0 Å². The first-order chi connectivity index (χ1) is 15.9. The fraction of sp³-hybridized carbons (Fsp3) is 0.174. The molecule has 3 aromatic rings. The molecule has 0 unspecified atom stereocenters. The average Bonchev–Trinajstić information content (AvgIpc) is 2.99. The summed E-state index contributed by atoms with van der Waals surface area (Å²) in [7, 11) is 5.24. The lowest BCUT2D eigenvalue weighted by Crippen LogP contribution is -2.18. The maximum Gasteiger partial charge on any atom is 0.230 e. The van der Waals surface area contributed by atoms with Gasteiger partial charge in [0.05, 0.1) is 17.7 Å². The third-order valence-corrected chi connectivity index (χ3v) is 5.09. The van der Waals surface area contributed by atoms with E-state index in [0.717, 1.165) is 5.52 Å². The van der Waals surface area contributed by atoms with Gasteiger partial charge in [0.1, 0.15) is 17.3 Å². The standard InChI is InChI=1S/C23H23ClN6O3/c1-30(2)23-26-21(29-28-20-12-18(31)15-6-4-5-7-17(15)25-20)13-22(27-23)33-19-11-9-14(32-3)8-10-16(19)24/h4-9,11-13H,10H2,1-3H3,(H2,25,28,31)(H,26,27,29). The molecule has 0 aliphatic heterocycles. The number of pyridine rings is 1. The van der Waals surface area contributed by atoms with Crippen LogP contribution >= 0.6 is 11.6 Å². The van der Waals surface area contributed by atoms with Crippen molar-refractivity contribution in [3.63, 3.8) is 0 Å². The molecule has 0 atom stereocenters. The number of allylic oxidation sites excluding steroid dienone is 4. The first-order valence-corrected chi connectivity index (χ1v) is 10.5. The van der Waals surface area contributed by atoms with Crippen LogP contribution in [0, 0.1) is 0 Å². The Balaban J connectivity index is 1.57. The summed E-state index contributed by atoms with van der Waals surface area (Å²) in [6.45, 7) is 0. The van der Waals surface area contributed by atoms with Crippen molar-refractivity contribution in [2.45, 2.75) is 6.42 Å². The van der Waals surface area contributed by atoms with E-state index < -0.39 is 0 Å². The highest BCUT2D eigenvalue weighted by Gasteiger charge is 2.13. The maximum atomic E-state index is 12.4. The summed E-state index contributed by atoms with van der Waals surface area (Å²) >= 11 is 6.39. The number of ether oxygens (including phenoxy) is 2. The van der Waals surface area contributed by atoms with E-state index >= 15 is 0 Å². The first-order valence-electron chi connectivity index (χ1n) is 10.1. The fourth-order valence-corrected chi connectivity index (χ4v) is 3.26. The van der Waals surface area contributed by atoms with E-state index in [0.29, 0.717) is 51.8 Å². The highest BCUT2D eigenvalue weighted by Crippen LogP contribution is 2.26. The molecule has 1 aliphatic rings. The van der Waals surface area contributed by atoms with Crippen molar-refractivity contribution in [1.82, 2.24) is 15.0 Å². The van der Waals surface area contributed by atoms with E-state index in [2.05, 4.69) is 25.8 Å². The van der Waals surface area contributed by atoms with Crippen LogP contribution in [0.2, 0.25) is 0 Å². The molecule has 33 heavy (non-hydrogen) atoms. The fourth-order valence-electron chi connectivity index (χ4n) is 3.09. The SMILES string of the molecule is COC1=CCC(Cl)=C(Oc2cc(NNc3cc(=O)c4ccccc4[nH]3)nc(N(C)C)n2)C=C1. The van der Waals surface area contributed by atoms with Crippen LogP contribution in [0.5, 0.6) is 5.88 Å². The van der Waals surface area contributed by atoms with Gasteiger partial charge in [0.15, 0.2) is 11.2 Å². The zero-order chi connectivity index (χ0) is 23.4. The third kappa shape index (κ3) is 5.27. The molecule has 2 heterocycles. The average molecular weight is 467 g/mol. The number of aromatic amines is 1. The van der Waals surface area contributed by atoms with Gasteiger partial charge < -0.3 is 19.4 Å². The molecule has 3 N–H and O–H groups in total. The van der Waals surface area contributed by atoms with Crippen LogP contribution in [0.15, 0.2) is 76.0 Å². The van der Waals surface area contributed by atoms with Crippen LogP contribution in [0.1, 0.15) is 6.42 Å². The number of hydrogen-bond acceptors (Lipinski definition) is 8. The summed E-state index contributed by atoms with van der Waals surface area (Å²) in [5.74, 6) is 2.79. The van der Waals surface area contributed by atoms with Gasteiger partial charge >= 0.3 is 0 Å². The minimum absolute atomic E-state index is 0.0971. The highest BCUT2D eigenvalue weighted by molar-refractivity contribution is 6.30. The Hall–Kier alpha value is -3.98. The van der Waals surface area contributed by atoms with E-state index in [1.54, 1.807) is 36.3 Å². The molecule has 2 aromatic heterocycles. The van der Waals surface area contributed by atoms with Gasteiger partial charge in [0, 0.05) is 38.0 Å². The third-order valence-electron chi connectivity index (χ3n) is 4.75. The number of benzene rings is 1. The molecular formula is C23H23ClN6O3. The Morgan fingerprint density at radius 2 is 1.94 bits per heavy atom. The van der Waals surface area contributed by atoms with Gasteiger partial charge in [-0.05, 0) is 30.4 Å². The van der Waals surface area contributed by atoms with Gasteiger partial charge in [-0.15, -0.1) is 0 Å². The largest absolute Gasteiger partial charge is 0.497 e. The lowest BCUT2D eigenvalue weighted by molar-refractivity contribution is 0.305. The predicted molar refractivity (Wildman–Crippen MR) is 131 cm³/mol. The summed E-state index contributed by atoms with van der Waals surface area (Å²) < 4.78 is 11.2. The van der Waals surface area contributed by atoms with E-state index in [-0.39, 0.29) is 5.43 Å². The summed E-state index contributed by atoms with van der Waals surface area (Å²) in [6.07, 6.45) is 5.84. The molecule has 4 rings (SSSR count). The molecule has 0 bridgehead atoms. The van der Waals surface area contributed by atoms with Gasteiger partial charge in [-0.25, -0.2) is 0 Å². The Labute approximate surface area is 195 Å². The van der Waals surface area contributed by atoms with Crippen molar-refractivity contribution in [3.05, 3.63) is 81.4 Å². The van der Waals surface area contributed by atoms with Gasteiger partial charge in [-0.2, -0.15) is 9.97 Å². The molecule has 0 spiro atoms. The van der Waals surface area contributed by atoms with Gasteiger partial charge in [-0.3, -0.25) is 15.6 Å². The van der Waals surface area contributed by atoms with Gasteiger partial charge in [-0.1, -0.05) is 23.7 Å². The summed E-state index contributed by atoms with van der Waals surface area (Å²) in [6, 6.07) is 10.4. The van der Waals surface area contributed by atoms with Crippen LogP contribution in [-0.2, 0) is 4.74 Å². The number of nitrogens with zero attached hydrogens (tertiary/aromatic N) is 3. The van der Waals surface area contributed by atoms with E-state index in [1.807, 2.05) is 38.4 Å². The van der Waals surface area contributed by atoms with Gasteiger partial charge in [0.2, 0.25) is 11.8 Å². The Morgan fingerprint density at radius 3 is 2.73 bits per heavy atom. The molecule has 1 aliphatic carbocycles. The van der Waals surface area contributed by atoms with Crippen molar-refractivity contribution < 1.29 is 9.47 Å². The summed E-state index contributed by atoms with van der Waals surface area (Å²) in [5.41, 5.74) is 6.59. The molecule has 170 valence electrons. The quantitative estimate of drug-likeness (QED) is 0.446. The number of H-pyrrole nitrogens is 1. The first kappa shape index (κ1) is 22.2. The second-order valence-corrected chi connectivity index (χ2v) is 7.80. The predicted octanol–water partition coefficient (Wildman–Crippen LogP) is 4.14. The number of hydrazine groups is 1. The molecule has 9 nitrogen and oxygen atoms in total. The second-order valence-electron chi connectivity index (χ2n) is 7.35. The maximum absolute atomic E-state index is 12.4. The zero-order valence-electron chi connectivity index (χ0n) is 18.3. The summed E-state index contributed by atoms with van der Waals surface area (Å²) in [4.78, 5) is 26.2. The van der Waals surface area contributed by atoms with Crippen LogP contribution in [0.25, 0.3) is 10.9 Å². The number of halogens is 1. The number of anilines is 3. The number of rotatable bonds is 7. The Kier molecular flexibility index (Phi) is 6.50. The van der Waals surface area contributed by atoms with Crippen molar-refractivity contribution in [2.75, 3.05) is 37.0 Å². The van der Waals surface area contributed by atoms with E-state index in [9.17, 15) is 4.79 Å². The smallest absolute Gasteiger partial charge is 0.230 e. The van der Waals surface area contributed by atoms with Crippen molar-refractivity contribution in [3.8, 4) is 5.88 Å². The van der Waals surface area contributed by atoms with E-state index in [4.69, 9.17) is 21.1 Å². The molecule has 10 heteroatoms. The Morgan fingerprint density at radius 1 is 1.12 bits per heavy atom. The summed E-state index contributed by atoms with van der Waals surface area (Å²) in [5, 5.41) is 1.13. The van der Waals surface area contributed by atoms with Crippen LogP contribution < -0.4 is 25.9 Å².